The highest BCUT2D eigenvalue weighted by molar-refractivity contribution is 6.46. The number of carbonyl (C=O) groups is 2. The predicted octanol–water partition coefficient (Wildman–Crippen LogP) is 3.11. The largest absolute Gasteiger partial charge is 0.508 e. The number of ketones is 1. The average Bonchev–Trinajstić information content (AvgIpc) is 2.91. The van der Waals surface area contributed by atoms with Crippen LogP contribution in [-0.2, 0) is 14.3 Å². The summed E-state index contributed by atoms with van der Waals surface area (Å²) >= 11 is 5.88. The number of nitrogens with zero attached hydrogens (tertiary/aromatic N) is 1. The highest BCUT2D eigenvalue weighted by Crippen LogP contribution is 2.40. The number of halogens is 1. The number of phenols is 1. The van der Waals surface area contributed by atoms with Gasteiger partial charge in [0.05, 0.1) is 18.2 Å². The van der Waals surface area contributed by atoms with E-state index in [9.17, 15) is 19.8 Å². The molecule has 27 heavy (non-hydrogen) atoms. The zero-order valence-corrected chi connectivity index (χ0v) is 15.3. The first-order valence-corrected chi connectivity index (χ1v) is 8.64. The molecule has 1 atom stereocenters. The average molecular weight is 388 g/mol. The molecule has 1 amide bonds. The van der Waals surface area contributed by atoms with Gasteiger partial charge in [-0.25, -0.2) is 0 Å². The summed E-state index contributed by atoms with van der Waals surface area (Å²) in [4.78, 5) is 26.6. The van der Waals surface area contributed by atoms with Gasteiger partial charge in [0.1, 0.15) is 11.5 Å². The lowest BCUT2D eigenvalue weighted by molar-refractivity contribution is -0.140. The van der Waals surface area contributed by atoms with E-state index in [2.05, 4.69) is 0 Å². The van der Waals surface area contributed by atoms with Crippen LogP contribution in [0.4, 0.5) is 0 Å². The number of methoxy groups -OCH3 is 1. The number of rotatable bonds is 5. The van der Waals surface area contributed by atoms with Gasteiger partial charge in [-0.1, -0.05) is 23.7 Å². The van der Waals surface area contributed by atoms with Crippen LogP contribution in [0, 0.1) is 0 Å². The summed E-state index contributed by atoms with van der Waals surface area (Å²) in [7, 11) is 1.49. The van der Waals surface area contributed by atoms with Crippen LogP contribution < -0.4 is 0 Å². The van der Waals surface area contributed by atoms with E-state index >= 15 is 0 Å². The Labute approximate surface area is 161 Å². The highest BCUT2D eigenvalue weighted by atomic mass is 35.5. The van der Waals surface area contributed by atoms with E-state index < -0.39 is 17.7 Å². The van der Waals surface area contributed by atoms with Crippen molar-refractivity contribution in [3.8, 4) is 5.75 Å². The van der Waals surface area contributed by atoms with Crippen molar-refractivity contribution in [2.24, 2.45) is 0 Å². The first kappa shape index (κ1) is 18.9. The third-order valence-corrected chi connectivity index (χ3v) is 4.63. The lowest BCUT2D eigenvalue weighted by atomic mass is 9.95. The minimum Gasteiger partial charge on any atom is -0.508 e. The monoisotopic (exact) mass is 387 g/mol. The smallest absolute Gasteiger partial charge is 0.295 e. The summed E-state index contributed by atoms with van der Waals surface area (Å²) in [6.07, 6.45) is 0. The van der Waals surface area contributed by atoms with E-state index in [-0.39, 0.29) is 30.2 Å². The van der Waals surface area contributed by atoms with Crippen molar-refractivity contribution in [3.63, 3.8) is 0 Å². The Morgan fingerprint density at radius 2 is 1.89 bits per heavy atom. The maximum atomic E-state index is 12.7. The fourth-order valence-corrected chi connectivity index (χ4v) is 3.23. The van der Waals surface area contributed by atoms with Crippen LogP contribution in [-0.4, -0.2) is 47.1 Å². The van der Waals surface area contributed by atoms with Gasteiger partial charge in [0, 0.05) is 24.2 Å². The molecular weight excluding hydrogens is 370 g/mol. The van der Waals surface area contributed by atoms with Crippen LogP contribution in [0.1, 0.15) is 17.2 Å². The topological polar surface area (TPSA) is 87.1 Å². The van der Waals surface area contributed by atoms with E-state index in [1.165, 1.54) is 24.1 Å². The number of hydrogen-bond donors (Lipinski definition) is 2. The molecule has 0 bridgehead atoms. The van der Waals surface area contributed by atoms with Crippen LogP contribution in [0.25, 0.3) is 5.76 Å². The molecule has 1 aliphatic heterocycles. The van der Waals surface area contributed by atoms with Gasteiger partial charge in [-0.05, 0) is 42.0 Å². The third kappa shape index (κ3) is 3.67. The standard InChI is InChI=1S/C20H18ClNO5/c1-27-10-9-22-17(13-3-2-4-15(23)11-13)16(19(25)20(22)26)18(24)12-5-7-14(21)8-6-12/h2-8,11,17,23-24H,9-10H2,1H3/t17-/m1/s1. The zero-order valence-electron chi connectivity index (χ0n) is 14.6. The Balaban J connectivity index is 2.16. The molecule has 2 N–H and O–H groups in total. The Hall–Kier alpha value is -2.83. The van der Waals surface area contributed by atoms with Crippen LogP contribution in [0.3, 0.4) is 0 Å². The Bertz CT molecular complexity index is 907. The lowest BCUT2D eigenvalue weighted by Crippen LogP contribution is -2.32. The quantitative estimate of drug-likeness (QED) is 0.467. The highest BCUT2D eigenvalue weighted by Gasteiger charge is 2.45. The number of benzene rings is 2. The maximum absolute atomic E-state index is 12.7. The minimum absolute atomic E-state index is 0.00341. The zero-order chi connectivity index (χ0) is 19.6. The number of amides is 1. The van der Waals surface area contributed by atoms with Crippen molar-refractivity contribution >= 4 is 29.1 Å². The van der Waals surface area contributed by atoms with Crippen molar-refractivity contribution in [2.45, 2.75) is 6.04 Å². The number of carbonyl (C=O) groups excluding carboxylic acids is 2. The summed E-state index contributed by atoms with van der Waals surface area (Å²) < 4.78 is 5.04. The number of aliphatic hydroxyl groups is 1. The Morgan fingerprint density at radius 1 is 1.19 bits per heavy atom. The Kier molecular flexibility index (Phi) is 5.48. The minimum atomic E-state index is -0.831. The van der Waals surface area contributed by atoms with Gasteiger partial charge in [0.15, 0.2) is 0 Å². The number of likely N-dealkylation sites (tertiary alicyclic amines) is 1. The number of Topliss-reactive ketones (excluding diaryl/α,β-unsaturated/α-hetero) is 1. The van der Waals surface area contributed by atoms with Crippen molar-refractivity contribution in [1.29, 1.82) is 0 Å². The summed E-state index contributed by atoms with van der Waals surface area (Å²) in [6.45, 7) is 0.391. The molecule has 2 aromatic rings. The molecule has 6 nitrogen and oxygen atoms in total. The number of ether oxygens (including phenoxy) is 1. The first-order valence-electron chi connectivity index (χ1n) is 8.26. The Morgan fingerprint density at radius 3 is 2.52 bits per heavy atom. The summed E-state index contributed by atoms with van der Waals surface area (Å²) in [5.41, 5.74) is 0.846. The van der Waals surface area contributed by atoms with Crippen LogP contribution in [0.5, 0.6) is 5.75 Å². The summed E-state index contributed by atoms with van der Waals surface area (Å²) in [5, 5.41) is 21.1. The molecule has 0 aromatic heterocycles. The van der Waals surface area contributed by atoms with Crippen LogP contribution in [0.2, 0.25) is 5.02 Å². The second-order valence-electron chi connectivity index (χ2n) is 6.09. The van der Waals surface area contributed by atoms with Gasteiger partial charge >= 0.3 is 0 Å². The van der Waals surface area contributed by atoms with E-state index in [1.54, 1.807) is 36.4 Å². The molecule has 0 spiro atoms. The number of aromatic hydroxyl groups is 1. The molecule has 3 rings (SSSR count). The molecule has 1 fully saturated rings. The number of phenolic OH excluding ortho intramolecular Hbond substituents is 1. The first-order chi connectivity index (χ1) is 12.9. The number of hydrogen-bond acceptors (Lipinski definition) is 5. The van der Waals surface area contributed by atoms with E-state index in [4.69, 9.17) is 16.3 Å². The summed E-state index contributed by atoms with van der Waals surface area (Å²) in [6, 6.07) is 11.7. The van der Waals surface area contributed by atoms with Gasteiger partial charge in [-0.15, -0.1) is 0 Å². The van der Waals surface area contributed by atoms with E-state index in [1.807, 2.05) is 0 Å². The van der Waals surface area contributed by atoms with Crippen molar-refractivity contribution in [1.82, 2.24) is 4.90 Å². The second-order valence-corrected chi connectivity index (χ2v) is 6.52. The van der Waals surface area contributed by atoms with Crippen LogP contribution >= 0.6 is 11.6 Å². The second kappa shape index (κ2) is 7.82. The molecule has 0 aliphatic carbocycles. The molecular formula is C20H18ClNO5. The molecule has 0 unspecified atom stereocenters. The molecule has 140 valence electrons. The maximum Gasteiger partial charge on any atom is 0.295 e. The van der Waals surface area contributed by atoms with Crippen molar-refractivity contribution < 1.29 is 24.5 Å². The predicted molar refractivity (Wildman–Crippen MR) is 100 cm³/mol. The van der Waals surface area contributed by atoms with Crippen molar-refractivity contribution in [2.75, 3.05) is 20.3 Å². The summed E-state index contributed by atoms with van der Waals surface area (Å²) in [5.74, 6) is -1.81. The lowest BCUT2D eigenvalue weighted by Gasteiger charge is -2.25. The van der Waals surface area contributed by atoms with Gasteiger partial charge < -0.3 is 19.8 Å². The van der Waals surface area contributed by atoms with E-state index in [0.29, 0.717) is 16.1 Å². The normalized spacial score (nSPS) is 18.9. The third-order valence-electron chi connectivity index (χ3n) is 4.38. The van der Waals surface area contributed by atoms with Gasteiger partial charge in [-0.3, -0.25) is 9.59 Å². The van der Waals surface area contributed by atoms with Gasteiger partial charge in [0.2, 0.25) is 0 Å². The van der Waals surface area contributed by atoms with Crippen LogP contribution in [0.15, 0.2) is 54.1 Å². The van der Waals surface area contributed by atoms with Gasteiger partial charge in [0.25, 0.3) is 11.7 Å². The van der Waals surface area contributed by atoms with E-state index in [0.717, 1.165) is 0 Å². The molecule has 0 radical (unpaired) electrons. The molecule has 1 heterocycles. The molecule has 7 heteroatoms. The fourth-order valence-electron chi connectivity index (χ4n) is 3.10. The van der Waals surface area contributed by atoms with Crippen molar-refractivity contribution in [3.05, 3.63) is 70.3 Å². The fraction of sp³-hybridized carbons (Fsp3) is 0.200. The molecule has 0 saturated carbocycles. The van der Waals surface area contributed by atoms with Gasteiger partial charge in [-0.2, -0.15) is 0 Å². The molecule has 1 aliphatic rings. The number of aliphatic hydroxyl groups excluding tert-OH is 1. The molecule has 1 saturated heterocycles. The molecule has 2 aromatic carbocycles. The SMILES string of the molecule is COCCN1C(=O)C(=O)C(=C(O)c2ccc(Cl)cc2)[C@H]1c1cccc(O)c1.